The second-order valence-corrected chi connectivity index (χ2v) is 6.17. The van der Waals surface area contributed by atoms with Gasteiger partial charge in [-0.3, -0.25) is 0 Å². The first-order valence-electron chi connectivity index (χ1n) is 7.16. The van der Waals surface area contributed by atoms with Crippen LogP contribution in [0.5, 0.6) is 0 Å². The Bertz CT molecular complexity index is 198. The molecule has 0 aliphatic heterocycles. The minimum atomic E-state index is 0.0714. The fourth-order valence-corrected chi connectivity index (χ4v) is 2.67. The van der Waals surface area contributed by atoms with Gasteiger partial charge in [-0.2, -0.15) is 0 Å². The van der Waals surface area contributed by atoms with Crippen LogP contribution in [0.3, 0.4) is 0 Å². The van der Waals surface area contributed by atoms with Crippen molar-refractivity contribution in [1.82, 2.24) is 0 Å². The first kappa shape index (κ1) is 14.0. The maximum absolute atomic E-state index is 6.25. The predicted octanol–water partition coefficient (Wildman–Crippen LogP) is 4.80. The normalized spacial score (nSPS) is 29.1. The molecule has 0 amide bonds. The summed E-state index contributed by atoms with van der Waals surface area (Å²) in [5, 5.41) is 0. The molecule has 96 valence electrons. The SMILES string of the molecule is CCC(C)C1CCCC(OC(C)(C)CC)C1. The number of hydrogen-bond acceptors (Lipinski definition) is 1. The molecule has 16 heavy (non-hydrogen) atoms. The number of rotatable bonds is 5. The van der Waals surface area contributed by atoms with Gasteiger partial charge in [-0.05, 0) is 44.9 Å². The lowest BCUT2D eigenvalue weighted by Crippen LogP contribution is -2.34. The first-order chi connectivity index (χ1) is 7.48. The zero-order valence-electron chi connectivity index (χ0n) is 11.9. The van der Waals surface area contributed by atoms with Crippen LogP contribution >= 0.6 is 0 Å². The molecule has 0 radical (unpaired) electrons. The van der Waals surface area contributed by atoms with Gasteiger partial charge in [0.2, 0.25) is 0 Å². The Morgan fingerprint density at radius 1 is 1.25 bits per heavy atom. The summed E-state index contributed by atoms with van der Waals surface area (Å²) in [6.07, 6.45) is 8.28. The average Bonchev–Trinajstić information content (AvgIpc) is 2.28. The molecule has 1 fully saturated rings. The summed E-state index contributed by atoms with van der Waals surface area (Å²) >= 11 is 0. The highest BCUT2D eigenvalue weighted by molar-refractivity contribution is 4.79. The van der Waals surface area contributed by atoms with E-state index in [1.807, 2.05) is 0 Å². The van der Waals surface area contributed by atoms with E-state index in [1.165, 1.54) is 32.1 Å². The van der Waals surface area contributed by atoms with E-state index in [1.54, 1.807) is 0 Å². The molecule has 0 heterocycles. The van der Waals surface area contributed by atoms with Crippen molar-refractivity contribution in [2.24, 2.45) is 11.8 Å². The Morgan fingerprint density at radius 2 is 1.94 bits per heavy atom. The summed E-state index contributed by atoms with van der Waals surface area (Å²) in [5.74, 6) is 1.77. The summed E-state index contributed by atoms with van der Waals surface area (Å²) < 4.78 is 6.25. The van der Waals surface area contributed by atoms with Crippen molar-refractivity contribution in [2.75, 3.05) is 0 Å². The van der Waals surface area contributed by atoms with E-state index in [-0.39, 0.29) is 5.60 Å². The van der Waals surface area contributed by atoms with Crippen LogP contribution in [0.4, 0.5) is 0 Å². The molecule has 3 unspecified atom stereocenters. The van der Waals surface area contributed by atoms with Crippen molar-refractivity contribution in [3.8, 4) is 0 Å². The maximum Gasteiger partial charge on any atom is 0.0627 e. The van der Waals surface area contributed by atoms with Crippen LogP contribution in [0.15, 0.2) is 0 Å². The quantitative estimate of drug-likeness (QED) is 0.654. The van der Waals surface area contributed by atoms with Gasteiger partial charge in [0.05, 0.1) is 11.7 Å². The molecule has 0 aromatic heterocycles. The van der Waals surface area contributed by atoms with Crippen LogP contribution in [0, 0.1) is 11.8 Å². The molecule has 0 spiro atoms. The second kappa shape index (κ2) is 6.05. The lowest BCUT2D eigenvalue weighted by atomic mass is 9.78. The third kappa shape index (κ3) is 4.08. The highest BCUT2D eigenvalue weighted by atomic mass is 16.5. The lowest BCUT2D eigenvalue weighted by molar-refractivity contribution is -0.0966. The third-order valence-corrected chi connectivity index (χ3v) is 4.45. The zero-order chi connectivity index (χ0) is 12.2. The number of ether oxygens (including phenoxy) is 1. The monoisotopic (exact) mass is 226 g/mol. The molecule has 1 nitrogen and oxygen atoms in total. The minimum Gasteiger partial charge on any atom is -0.372 e. The Kier molecular flexibility index (Phi) is 5.30. The minimum absolute atomic E-state index is 0.0714. The summed E-state index contributed by atoms with van der Waals surface area (Å²) in [4.78, 5) is 0. The molecule has 0 saturated heterocycles. The molecule has 0 aromatic rings. The van der Waals surface area contributed by atoms with Crippen molar-refractivity contribution in [1.29, 1.82) is 0 Å². The molecular formula is C15H30O. The van der Waals surface area contributed by atoms with Crippen molar-refractivity contribution in [2.45, 2.75) is 84.8 Å². The van der Waals surface area contributed by atoms with Crippen LogP contribution in [0.25, 0.3) is 0 Å². The van der Waals surface area contributed by atoms with Gasteiger partial charge in [0.15, 0.2) is 0 Å². The van der Waals surface area contributed by atoms with E-state index in [4.69, 9.17) is 4.74 Å². The molecule has 1 saturated carbocycles. The molecular weight excluding hydrogens is 196 g/mol. The Morgan fingerprint density at radius 3 is 2.50 bits per heavy atom. The van der Waals surface area contributed by atoms with Crippen molar-refractivity contribution in [3.63, 3.8) is 0 Å². The molecule has 1 heteroatoms. The third-order valence-electron chi connectivity index (χ3n) is 4.45. The van der Waals surface area contributed by atoms with Crippen molar-refractivity contribution in [3.05, 3.63) is 0 Å². The Balaban J connectivity index is 2.44. The van der Waals surface area contributed by atoms with Gasteiger partial charge in [-0.25, -0.2) is 0 Å². The van der Waals surface area contributed by atoms with E-state index >= 15 is 0 Å². The van der Waals surface area contributed by atoms with Gasteiger partial charge >= 0.3 is 0 Å². The Hall–Kier alpha value is -0.0400. The molecule has 0 bridgehead atoms. The van der Waals surface area contributed by atoms with E-state index < -0.39 is 0 Å². The molecule has 0 aromatic carbocycles. The average molecular weight is 226 g/mol. The van der Waals surface area contributed by atoms with Crippen LogP contribution in [-0.4, -0.2) is 11.7 Å². The topological polar surface area (TPSA) is 9.23 Å². The smallest absolute Gasteiger partial charge is 0.0627 e. The summed E-state index contributed by atoms with van der Waals surface area (Å²) in [6, 6.07) is 0. The van der Waals surface area contributed by atoms with E-state index in [2.05, 4.69) is 34.6 Å². The summed E-state index contributed by atoms with van der Waals surface area (Å²) in [7, 11) is 0. The van der Waals surface area contributed by atoms with Crippen LogP contribution in [0.2, 0.25) is 0 Å². The highest BCUT2D eigenvalue weighted by Gasteiger charge is 2.29. The maximum atomic E-state index is 6.25. The molecule has 0 N–H and O–H groups in total. The number of hydrogen-bond donors (Lipinski definition) is 0. The first-order valence-corrected chi connectivity index (χ1v) is 7.16. The zero-order valence-corrected chi connectivity index (χ0v) is 11.9. The van der Waals surface area contributed by atoms with Crippen LogP contribution in [-0.2, 0) is 4.74 Å². The Labute approximate surface area is 102 Å². The summed E-state index contributed by atoms with van der Waals surface area (Å²) in [5.41, 5.74) is 0.0714. The molecule has 3 atom stereocenters. The highest BCUT2D eigenvalue weighted by Crippen LogP contribution is 2.35. The van der Waals surface area contributed by atoms with Gasteiger partial charge in [0.1, 0.15) is 0 Å². The fraction of sp³-hybridized carbons (Fsp3) is 1.00. The standard InChI is InChI=1S/C15H30O/c1-6-12(3)13-9-8-10-14(11-13)16-15(4,5)7-2/h12-14H,6-11H2,1-5H3. The lowest BCUT2D eigenvalue weighted by Gasteiger charge is -2.37. The van der Waals surface area contributed by atoms with E-state index in [0.717, 1.165) is 18.3 Å². The molecule has 1 rings (SSSR count). The van der Waals surface area contributed by atoms with Gasteiger partial charge in [0.25, 0.3) is 0 Å². The van der Waals surface area contributed by atoms with Crippen LogP contribution < -0.4 is 0 Å². The second-order valence-electron chi connectivity index (χ2n) is 6.17. The van der Waals surface area contributed by atoms with E-state index in [0.29, 0.717) is 6.10 Å². The van der Waals surface area contributed by atoms with Gasteiger partial charge in [-0.1, -0.05) is 40.0 Å². The molecule has 1 aliphatic carbocycles. The van der Waals surface area contributed by atoms with Crippen LogP contribution in [0.1, 0.15) is 73.1 Å². The van der Waals surface area contributed by atoms with Gasteiger partial charge < -0.3 is 4.74 Å². The fourth-order valence-electron chi connectivity index (χ4n) is 2.67. The van der Waals surface area contributed by atoms with Crippen molar-refractivity contribution < 1.29 is 4.74 Å². The molecule has 1 aliphatic rings. The van der Waals surface area contributed by atoms with Crippen molar-refractivity contribution >= 4 is 0 Å². The van der Waals surface area contributed by atoms with E-state index in [9.17, 15) is 0 Å². The van der Waals surface area contributed by atoms with Gasteiger partial charge in [0, 0.05) is 0 Å². The van der Waals surface area contributed by atoms with Gasteiger partial charge in [-0.15, -0.1) is 0 Å². The summed E-state index contributed by atoms with van der Waals surface area (Å²) in [6.45, 7) is 11.4. The largest absolute Gasteiger partial charge is 0.372 e. The predicted molar refractivity (Wildman–Crippen MR) is 70.7 cm³/mol.